The van der Waals surface area contributed by atoms with Crippen LogP contribution >= 0.6 is 0 Å². The Hall–Kier alpha value is -4.39. The van der Waals surface area contributed by atoms with Gasteiger partial charge in [0.15, 0.2) is 0 Å². The number of ether oxygens (including phenoxy) is 2. The van der Waals surface area contributed by atoms with Crippen molar-refractivity contribution >= 4 is 29.6 Å². The molecule has 7 heteroatoms. The summed E-state index contributed by atoms with van der Waals surface area (Å²) in [5, 5.41) is 2.24. The Bertz CT molecular complexity index is 1250. The first-order valence-electron chi connectivity index (χ1n) is 10.8. The maximum atomic E-state index is 13.1. The molecule has 34 heavy (non-hydrogen) atoms. The van der Waals surface area contributed by atoms with Crippen LogP contribution in [0.25, 0.3) is 6.08 Å². The molecule has 4 rings (SSSR count). The van der Waals surface area contributed by atoms with Gasteiger partial charge >= 0.3 is 6.03 Å². The molecule has 1 aliphatic rings. The minimum Gasteiger partial charge on any atom is -0.490 e. The number of benzene rings is 3. The number of hydrogen-bond acceptors (Lipinski definition) is 5. The van der Waals surface area contributed by atoms with Gasteiger partial charge in [0.05, 0.1) is 5.69 Å². The molecule has 4 amide bonds. The lowest BCUT2D eigenvalue weighted by Crippen LogP contribution is -2.54. The molecule has 3 aromatic carbocycles. The number of urea groups is 1. The second-order valence-corrected chi connectivity index (χ2v) is 7.84. The van der Waals surface area contributed by atoms with Crippen LogP contribution in [0, 0.1) is 13.8 Å². The van der Waals surface area contributed by atoms with Gasteiger partial charge in [0.2, 0.25) is 0 Å². The normalized spacial score (nSPS) is 14.8. The Morgan fingerprint density at radius 1 is 0.794 bits per heavy atom. The molecule has 0 spiro atoms. The molecular weight excluding hydrogens is 432 g/mol. The van der Waals surface area contributed by atoms with E-state index in [1.165, 1.54) is 6.08 Å². The number of aryl methyl sites for hydroxylation is 2. The quantitative estimate of drug-likeness (QED) is 0.323. The van der Waals surface area contributed by atoms with E-state index in [1.807, 2.05) is 38.1 Å². The molecule has 0 unspecified atom stereocenters. The van der Waals surface area contributed by atoms with Gasteiger partial charge < -0.3 is 9.47 Å². The molecule has 1 N–H and O–H groups in total. The third kappa shape index (κ3) is 5.15. The number of nitrogens with one attached hydrogen (secondary N) is 1. The fourth-order valence-electron chi connectivity index (χ4n) is 3.42. The minimum atomic E-state index is -0.784. The van der Waals surface area contributed by atoms with Crippen LogP contribution in [0.4, 0.5) is 10.5 Å². The number of amides is 4. The molecular formula is C27H24N2O5. The summed E-state index contributed by atoms with van der Waals surface area (Å²) in [6.45, 7) is 4.50. The topological polar surface area (TPSA) is 84.9 Å². The van der Waals surface area contributed by atoms with Crippen molar-refractivity contribution in [2.24, 2.45) is 0 Å². The number of carbonyl (C=O) groups is 3. The van der Waals surface area contributed by atoms with E-state index in [2.05, 4.69) is 5.32 Å². The van der Waals surface area contributed by atoms with Gasteiger partial charge in [-0.2, -0.15) is 0 Å². The van der Waals surface area contributed by atoms with E-state index in [-0.39, 0.29) is 12.2 Å². The highest BCUT2D eigenvalue weighted by Crippen LogP contribution is 2.25. The molecule has 1 heterocycles. The zero-order chi connectivity index (χ0) is 24.1. The van der Waals surface area contributed by atoms with Crippen LogP contribution in [0.3, 0.4) is 0 Å². The number of rotatable bonds is 7. The maximum absolute atomic E-state index is 13.1. The van der Waals surface area contributed by atoms with Crippen molar-refractivity contribution in [2.75, 3.05) is 18.1 Å². The number of imide groups is 2. The fourth-order valence-corrected chi connectivity index (χ4v) is 3.42. The number of hydrogen-bond donors (Lipinski definition) is 1. The van der Waals surface area contributed by atoms with Gasteiger partial charge in [-0.25, -0.2) is 9.69 Å². The van der Waals surface area contributed by atoms with E-state index >= 15 is 0 Å². The van der Waals surface area contributed by atoms with E-state index in [0.29, 0.717) is 23.6 Å². The maximum Gasteiger partial charge on any atom is 0.335 e. The number of para-hydroxylation sites is 1. The van der Waals surface area contributed by atoms with Crippen molar-refractivity contribution in [1.29, 1.82) is 0 Å². The van der Waals surface area contributed by atoms with Crippen molar-refractivity contribution < 1.29 is 23.9 Å². The molecule has 1 saturated heterocycles. The first-order chi connectivity index (χ1) is 16.4. The predicted octanol–water partition coefficient (Wildman–Crippen LogP) is 4.43. The number of anilines is 1. The van der Waals surface area contributed by atoms with Gasteiger partial charge in [-0.15, -0.1) is 0 Å². The summed E-state index contributed by atoms with van der Waals surface area (Å²) in [7, 11) is 0. The van der Waals surface area contributed by atoms with Gasteiger partial charge in [0.25, 0.3) is 11.8 Å². The van der Waals surface area contributed by atoms with Crippen LogP contribution in [-0.4, -0.2) is 31.1 Å². The third-order valence-corrected chi connectivity index (χ3v) is 5.24. The summed E-state index contributed by atoms with van der Waals surface area (Å²) < 4.78 is 11.5. The van der Waals surface area contributed by atoms with Gasteiger partial charge in [-0.05, 0) is 50.3 Å². The van der Waals surface area contributed by atoms with Crippen molar-refractivity contribution in [3.8, 4) is 11.5 Å². The Labute approximate surface area is 197 Å². The average Bonchev–Trinajstić information content (AvgIpc) is 2.82. The molecule has 0 bridgehead atoms. The second kappa shape index (κ2) is 10.0. The highest BCUT2D eigenvalue weighted by atomic mass is 16.5. The number of nitrogens with zero attached hydrogens (tertiary/aromatic N) is 1. The summed E-state index contributed by atoms with van der Waals surface area (Å²) in [6, 6.07) is 20.9. The lowest BCUT2D eigenvalue weighted by Gasteiger charge is -2.26. The Balaban J connectivity index is 1.50. The van der Waals surface area contributed by atoms with Crippen molar-refractivity contribution in [1.82, 2.24) is 5.32 Å². The van der Waals surface area contributed by atoms with Crippen LogP contribution in [0.1, 0.15) is 16.7 Å². The predicted molar refractivity (Wildman–Crippen MR) is 129 cm³/mol. The van der Waals surface area contributed by atoms with Gasteiger partial charge in [-0.3, -0.25) is 14.9 Å². The Morgan fingerprint density at radius 2 is 1.41 bits per heavy atom. The summed E-state index contributed by atoms with van der Waals surface area (Å²) in [5.74, 6) is -0.220. The Kier molecular flexibility index (Phi) is 6.73. The van der Waals surface area contributed by atoms with Gasteiger partial charge in [0.1, 0.15) is 30.3 Å². The lowest BCUT2D eigenvalue weighted by atomic mass is 10.1. The minimum absolute atomic E-state index is 0.160. The van der Waals surface area contributed by atoms with Crippen LogP contribution in [0.2, 0.25) is 0 Å². The van der Waals surface area contributed by atoms with E-state index in [9.17, 15) is 14.4 Å². The van der Waals surface area contributed by atoms with E-state index in [0.717, 1.165) is 21.8 Å². The zero-order valence-electron chi connectivity index (χ0n) is 18.9. The molecule has 1 fully saturated rings. The van der Waals surface area contributed by atoms with Crippen LogP contribution in [0.15, 0.2) is 78.4 Å². The van der Waals surface area contributed by atoms with Crippen LogP contribution in [0.5, 0.6) is 11.5 Å². The van der Waals surface area contributed by atoms with Crippen LogP contribution < -0.4 is 19.7 Å². The number of carbonyl (C=O) groups excluding carboxylic acids is 3. The smallest absolute Gasteiger partial charge is 0.335 e. The first kappa shape index (κ1) is 22.8. The Morgan fingerprint density at radius 3 is 2.12 bits per heavy atom. The zero-order valence-corrected chi connectivity index (χ0v) is 18.9. The molecule has 7 nitrogen and oxygen atoms in total. The fraction of sp³-hybridized carbons (Fsp3) is 0.148. The first-order valence-corrected chi connectivity index (χ1v) is 10.8. The highest BCUT2D eigenvalue weighted by molar-refractivity contribution is 6.39. The highest BCUT2D eigenvalue weighted by Gasteiger charge is 2.36. The van der Waals surface area contributed by atoms with Gasteiger partial charge in [-0.1, -0.05) is 53.6 Å². The molecule has 172 valence electrons. The SMILES string of the molecule is Cc1ccc(OCCOc2ccccc2C=C2C(=O)NC(=O)N(c3ccc(C)cc3)C2=O)cc1. The van der Waals surface area contributed by atoms with E-state index in [4.69, 9.17) is 9.47 Å². The summed E-state index contributed by atoms with van der Waals surface area (Å²) in [4.78, 5) is 38.9. The lowest BCUT2D eigenvalue weighted by molar-refractivity contribution is -0.122. The largest absolute Gasteiger partial charge is 0.490 e. The average molecular weight is 456 g/mol. The summed E-state index contributed by atoms with van der Waals surface area (Å²) >= 11 is 0. The molecule has 0 aromatic heterocycles. The molecule has 0 aliphatic carbocycles. The molecule has 0 saturated carbocycles. The summed E-state index contributed by atoms with van der Waals surface area (Å²) in [5.41, 5.74) is 2.89. The van der Waals surface area contributed by atoms with Gasteiger partial charge in [0, 0.05) is 5.56 Å². The van der Waals surface area contributed by atoms with Crippen LogP contribution in [-0.2, 0) is 9.59 Å². The summed E-state index contributed by atoms with van der Waals surface area (Å²) in [6.07, 6.45) is 1.43. The molecule has 1 aliphatic heterocycles. The van der Waals surface area contributed by atoms with Crippen molar-refractivity contribution in [3.63, 3.8) is 0 Å². The van der Waals surface area contributed by atoms with E-state index < -0.39 is 17.8 Å². The third-order valence-electron chi connectivity index (χ3n) is 5.24. The molecule has 3 aromatic rings. The van der Waals surface area contributed by atoms with Crippen molar-refractivity contribution in [3.05, 3.63) is 95.1 Å². The molecule has 0 radical (unpaired) electrons. The second-order valence-electron chi connectivity index (χ2n) is 7.84. The molecule has 0 atom stereocenters. The van der Waals surface area contributed by atoms with E-state index in [1.54, 1.807) is 48.5 Å². The number of barbiturate groups is 1. The monoisotopic (exact) mass is 456 g/mol. The van der Waals surface area contributed by atoms with Crippen molar-refractivity contribution in [2.45, 2.75) is 13.8 Å². The standard InChI is InChI=1S/C27H24N2O5/c1-18-7-11-21(12-8-18)29-26(31)23(25(30)28-27(29)32)17-20-5-3-4-6-24(20)34-16-15-33-22-13-9-19(2)10-14-22/h3-14,17H,15-16H2,1-2H3,(H,28,30,32).